The number of hydrogen-bond donors (Lipinski definition) is 1. The molecule has 3 rings (SSSR count). The summed E-state index contributed by atoms with van der Waals surface area (Å²) >= 11 is 0. The van der Waals surface area contributed by atoms with E-state index in [0.717, 1.165) is 12.0 Å². The molecule has 10 heteroatoms. The Bertz CT molecular complexity index is 1340. The van der Waals surface area contributed by atoms with Crippen molar-refractivity contribution < 1.29 is 31.6 Å². The minimum absolute atomic E-state index is 0.0248. The number of nitrogens with one attached hydrogen (secondary N) is 1. The molecular weight excluding hydrogens is 484 g/mol. The first-order valence-electron chi connectivity index (χ1n) is 11.1. The van der Waals surface area contributed by atoms with E-state index in [2.05, 4.69) is 10.5 Å². The summed E-state index contributed by atoms with van der Waals surface area (Å²) in [4.78, 5) is 12.5. The zero-order valence-corrected chi connectivity index (χ0v) is 21.3. The average molecular weight is 513 g/mol. The van der Waals surface area contributed by atoms with Crippen molar-refractivity contribution in [3.8, 4) is 23.0 Å². The van der Waals surface area contributed by atoms with Crippen LogP contribution >= 0.6 is 0 Å². The second-order valence-electron chi connectivity index (χ2n) is 7.67. The number of methoxy groups -OCH3 is 2. The number of hydrazone groups is 1. The summed E-state index contributed by atoms with van der Waals surface area (Å²) in [6, 6.07) is 15.7. The zero-order valence-electron chi connectivity index (χ0n) is 20.5. The number of carbonyl (C=O) groups is 1. The Balaban J connectivity index is 1.69. The highest BCUT2D eigenvalue weighted by Crippen LogP contribution is 2.31. The number of rotatable bonds is 11. The van der Waals surface area contributed by atoms with Gasteiger partial charge in [0.2, 0.25) is 0 Å². The maximum Gasteiger partial charge on any atom is 0.339 e. The summed E-state index contributed by atoms with van der Waals surface area (Å²) in [7, 11) is -1.14. The molecule has 0 heterocycles. The fourth-order valence-corrected chi connectivity index (χ4v) is 4.01. The van der Waals surface area contributed by atoms with Gasteiger partial charge in [-0.15, -0.1) is 0 Å². The van der Waals surface area contributed by atoms with Crippen LogP contribution in [0.4, 0.5) is 0 Å². The van der Waals surface area contributed by atoms with Gasteiger partial charge in [0.15, 0.2) is 23.0 Å². The predicted molar refractivity (Wildman–Crippen MR) is 136 cm³/mol. The lowest BCUT2D eigenvalue weighted by atomic mass is 10.2. The topological polar surface area (TPSA) is 113 Å². The van der Waals surface area contributed by atoms with Gasteiger partial charge in [0.05, 0.1) is 27.0 Å². The van der Waals surface area contributed by atoms with Crippen LogP contribution in [-0.2, 0) is 10.1 Å². The Hall–Kier alpha value is -4.05. The number of nitrogens with zero attached hydrogens (tertiary/aromatic N) is 1. The van der Waals surface area contributed by atoms with E-state index in [1.165, 1.54) is 38.6 Å². The molecule has 0 aliphatic rings. The minimum atomic E-state index is -4.04. The molecule has 36 heavy (non-hydrogen) atoms. The van der Waals surface area contributed by atoms with Crippen molar-refractivity contribution in [2.45, 2.75) is 25.2 Å². The molecule has 0 radical (unpaired) electrons. The van der Waals surface area contributed by atoms with E-state index in [1.807, 2.05) is 13.8 Å². The molecule has 0 atom stereocenters. The molecular formula is C26H28N2O7S. The molecule has 0 aliphatic heterocycles. The van der Waals surface area contributed by atoms with E-state index in [4.69, 9.17) is 18.4 Å². The molecule has 0 fully saturated rings. The second kappa shape index (κ2) is 12.1. The third kappa shape index (κ3) is 6.76. The van der Waals surface area contributed by atoms with E-state index < -0.39 is 16.0 Å². The van der Waals surface area contributed by atoms with Crippen molar-refractivity contribution in [1.29, 1.82) is 0 Å². The Labute approximate surface area is 210 Å². The van der Waals surface area contributed by atoms with Gasteiger partial charge in [-0.2, -0.15) is 13.5 Å². The number of ether oxygens (including phenoxy) is 3. The fourth-order valence-electron chi connectivity index (χ4n) is 3.07. The third-order valence-corrected chi connectivity index (χ3v) is 6.21. The lowest BCUT2D eigenvalue weighted by Crippen LogP contribution is -2.17. The standard InChI is InChI=1S/C26H28N2O7S/c1-5-14-34-22-13-9-20(16-25(22)33-4)26(29)28-27-17-19-8-12-23(24(15-19)32-3)35-36(30,31)21-10-6-18(2)7-11-21/h6-13,15-17H,5,14H2,1-4H3,(H,28,29)/b27-17+. The number of carbonyl (C=O) groups excluding carboxylic acids is 1. The monoisotopic (exact) mass is 512 g/mol. The normalized spacial score (nSPS) is 11.2. The molecule has 0 unspecified atom stereocenters. The second-order valence-corrected chi connectivity index (χ2v) is 9.22. The van der Waals surface area contributed by atoms with Gasteiger partial charge in [-0.05, 0) is 67.4 Å². The van der Waals surface area contributed by atoms with Crippen LogP contribution in [0.3, 0.4) is 0 Å². The summed E-state index contributed by atoms with van der Waals surface area (Å²) < 4.78 is 46.6. The number of amides is 1. The number of benzene rings is 3. The Morgan fingerprint density at radius 2 is 1.58 bits per heavy atom. The average Bonchev–Trinajstić information content (AvgIpc) is 2.88. The predicted octanol–water partition coefficient (Wildman–Crippen LogP) is 4.33. The largest absolute Gasteiger partial charge is 0.493 e. The molecule has 0 aromatic heterocycles. The van der Waals surface area contributed by atoms with Gasteiger partial charge in [0, 0.05) is 5.56 Å². The highest BCUT2D eigenvalue weighted by molar-refractivity contribution is 7.87. The van der Waals surface area contributed by atoms with Crippen LogP contribution in [0.2, 0.25) is 0 Å². The van der Waals surface area contributed by atoms with Crippen LogP contribution in [0, 0.1) is 6.92 Å². The Morgan fingerprint density at radius 1 is 0.917 bits per heavy atom. The molecule has 0 bridgehead atoms. The van der Waals surface area contributed by atoms with Gasteiger partial charge in [0.25, 0.3) is 5.91 Å². The molecule has 190 valence electrons. The lowest BCUT2D eigenvalue weighted by molar-refractivity contribution is 0.0954. The van der Waals surface area contributed by atoms with Crippen LogP contribution in [-0.4, -0.2) is 41.4 Å². The maximum atomic E-state index is 12.6. The van der Waals surface area contributed by atoms with Crippen LogP contribution in [0.25, 0.3) is 0 Å². The van der Waals surface area contributed by atoms with E-state index in [1.54, 1.807) is 42.5 Å². The Kier molecular flexibility index (Phi) is 8.91. The van der Waals surface area contributed by atoms with Crippen molar-refractivity contribution in [3.05, 3.63) is 77.4 Å². The molecule has 3 aromatic rings. The van der Waals surface area contributed by atoms with E-state index in [9.17, 15) is 13.2 Å². The maximum absolute atomic E-state index is 12.6. The van der Waals surface area contributed by atoms with Crippen molar-refractivity contribution in [2.24, 2.45) is 5.10 Å². The minimum Gasteiger partial charge on any atom is -0.493 e. The summed E-state index contributed by atoms with van der Waals surface area (Å²) in [6.45, 7) is 4.40. The summed E-state index contributed by atoms with van der Waals surface area (Å²) in [5, 5.41) is 3.97. The first kappa shape index (κ1) is 26.6. The van der Waals surface area contributed by atoms with Crippen LogP contribution < -0.4 is 23.8 Å². The van der Waals surface area contributed by atoms with Crippen molar-refractivity contribution >= 4 is 22.2 Å². The number of aryl methyl sites for hydroxylation is 1. The highest BCUT2D eigenvalue weighted by atomic mass is 32.2. The highest BCUT2D eigenvalue weighted by Gasteiger charge is 2.19. The first-order chi connectivity index (χ1) is 17.3. The van der Waals surface area contributed by atoms with Crippen molar-refractivity contribution in [2.75, 3.05) is 20.8 Å². The van der Waals surface area contributed by atoms with Gasteiger partial charge >= 0.3 is 10.1 Å². The summed E-state index contributed by atoms with van der Waals surface area (Å²) in [5.41, 5.74) is 4.27. The Morgan fingerprint density at radius 3 is 2.25 bits per heavy atom. The van der Waals surface area contributed by atoms with Gasteiger partial charge in [0.1, 0.15) is 4.90 Å². The molecule has 0 spiro atoms. The van der Waals surface area contributed by atoms with Gasteiger partial charge in [-0.1, -0.05) is 24.6 Å². The van der Waals surface area contributed by atoms with Crippen LogP contribution in [0.15, 0.2) is 70.7 Å². The molecule has 3 aromatic carbocycles. The summed E-state index contributed by atoms with van der Waals surface area (Å²) in [6.07, 6.45) is 2.25. The lowest BCUT2D eigenvalue weighted by Gasteiger charge is -2.11. The third-order valence-electron chi connectivity index (χ3n) is 4.96. The van der Waals surface area contributed by atoms with Crippen LogP contribution in [0.1, 0.15) is 34.8 Å². The fraction of sp³-hybridized carbons (Fsp3) is 0.231. The zero-order chi connectivity index (χ0) is 26.1. The molecule has 1 N–H and O–H groups in total. The van der Waals surface area contributed by atoms with E-state index in [0.29, 0.717) is 29.2 Å². The first-order valence-corrected chi connectivity index (χ1v) is 12.5. The van der Waals surface area contributed by atoms with Crippen molar-refractivity contribution in [3.63, 3.8) is 0 Å². The SMILES string of the molecule is CCCOc1ccc(C(=O)N/N=C/c2ccc(OS(=O)(=O)c3ccc(C)cc3)c(OC)c2)cc1OC. The quantitative estimate of drug-likeness (QED) is 0.231. The van der Waals surface area contributed by atoms with Crippen molar-refractivity contribution in [1.82, 2.24) is 5.43 Å². The molecule has 9 nitrogen and oxygen atoms in total. The smallest absolute Gasteiger partial charge is 0.339 e. The van der Waals surface area contributed by atoms with Gasteiger partial charge in [-0.25, -0.2) is 5.43 Å². The number of hydrogen-bond acceptors (Lipinski definition) is 8. The van der Waals surface area contributed by atoms with Crippen LogP contribution in [0.5, 0.6) is 23.0 Å². The van der Waals surface area contributed by atoms with E-state index >= 15 is 0 Å². The molecule has 0 saturated heterocycles. The molecule has 0 aliphatic carbocycles. The van der Waals surface area contributed by atoms with E-state index in [-0.39, 0.29) is 16.4 Å². The van der Waals surface area contributed by atoms with Gasteiger partial charge in [-0.3, -0.25) is 4.79 Å². The molecule has 0 saturated carbocycles. The summed E-state index contributed by atoms with van der Waals surface area (Å²) in [5.74, 6) is 0.770. The molecule has 1 amide bonds. The van der Waals surface area contributed by atoms with Gasteiger partial charge < -0.3 is 18.4 Å².